The molecular weight excluding hydrogens is 402 g/mol. The Morgan fingerprint density at radius 3 is 2.48 bits per heavy atom. The fraction of sp³-hybridized carbons (Fsp3) is 0.600. The van der Waals surface area contributed by atoms with Gasteiger partial charge in [0, 0.05) is 19.6 Å². The van der Waals surface area contributed by atoms with Gasteiger partial charge in [-0.15, -0.1) is 0 Å². The smallest absolute Gasteiger partial charge is 0.135 e. The normalized spacial score (nSPS) is 24.5. The molecule has 3 unspecified atom stereocenters. The minimum Gasteiger partial charge on any atom is -0.496 e. The van der Waals surface area contributed by atoms with Crippen molar-refractivity contribution in [2.45, 2.75) is 38.0 Å². The maximum atomic E-state index is 6.08. The summed E-state index contributed by atoms with van der Waals surface area (Å²) in [6.07, 6.45) is 2.23. The van der Waals surface area contributed by atoms with Crippen LogP contribution in [0.5, 0.6) is 11.5 Å². The van der Waals surface area contributed by atoms with Gasteiger partial charge in [-0.1, -0.05) is 6.92 Å². The summed E-state index contributed by atoms with van der Waals surface area (Å²) in [4.78, 5) is 0. The molecule has 0 bridgehead atoms. The first kappa shape index (κ1) is 17.1. The van der Waals surface area contributed by atoms with E-state index >= 15 is 0 Å². The predicted octanol–water partition coefficient (Wildman–Crippen LogP) is 3.75. The van der Waals surface area contributed by atoms with Crippen molar-refractivity contribution >= 4 is 31.9 Å². The highest BCUT2D eigenvalue weighted by Gasteiger charge is 2.43. The van der Waals surface area contributed by atoms with Crippen LogP contribution in [0.2, 0.25) is 0 Å². The van der Waals surface area contributed by atoms with Crippen LogP contribution in [0.3, 0.4) is 0 Å². The largest absolute Gasteiger partial charge is 0.496 e. The third-order valence-electron chi connectivity index (χ3n) is 3.66. The molecule has 1 aromatic rings. The molecule has 118 valence electrons. The third kappa shape index (κ3) is 3.92. The van der Waals surface area contributed by atoms with Gasteiger partial charge in [-0.25, -0.2) is 0 Å². The van der Waals surface area contributed by atoms with Crippen molar-refractivity contribution in [1.82, 2.24) is 5.32 Å². The fourth-order valence-corrected chi connectivity index (χ4v) is 3.36. The molecule has 2 rings (SSSR count). The number of nitrogens with one attached hydrogen (secondary N) is 1. The van der Waals surface area contributed by atoms with Crippen molar-refractivity contribution in [1.29, 1.82) is 0 Å². The molecule has 0 amide bonds. The van der Waals surface area contributed by atoms with E-state index in [1.807, 2.05) is 12.1 Å². The van der Waals surface area contributed by atoms with Gasteiger partial charge in [-0.05, 0) is 57.0 Å². The molecule has 1 aliphatic rings. The molecule has 21 heavy (non-hydrogen) atoms. The van der Waals surface area contributed by atoms with Gasteiger partial charge < -0.3 is 19.5 Å². The maximum Gasteiger partial charge on any atom is 0.135 e. The van der Waals surface area contributed by atoms with E-state index in [9.17, 15) is 0 Å². The van der Waals surface area contributed by atoms with Gasteiger partial charge in [-0.2, -0.15) is 0 Å². The highest BCUT2D eigenvalue weighted by atomic mass is 79.9. The Hall–Kier alpha value is -0.300. The van der Waals surface area contributed by atoms with Gasteiger partial charge >= 0.3 is 0 Å². The Labute approximate surface area is 142 Å². The van der Waals surface area contributed by atoms with Crippen LogP contribution >= 0.6 is 31.9 Å². The number of benzene rings is 1. The van der Waals surface area contributed by atoms with Crippen LogP contribution < -0.4 is 14.8 Å². The lowest BCUT2D eigenvalue weighted by Crippen LogP contribution is -2.61. The summed E-state index contributed by atoms with van der Waals surface area (Å²) in [5.74, 6) is 1.57. The molecule has 0 aliphatic heterocycles. The molecule has 1 saturated carbocycles. The Morgan fingerprint density at radius 2 is 1.86 bits per heavy atom. The number of hydrogen-bond acceptors (Lipinski definition) is 4. The van der Waals surface area contributed by atoms with E-state index in [-0.39, 0.29) is 12.2 Å². The zero-order chi connectivity index (χ0) is 15.4. The highest BCUT2D eigenvalue weighted by Crippen LogP contribution is 2.38. The molecule has 1 fully saturated rings. The van der Waals surface area contributed by atoms with Crippen molar-refractivity contribution in [3.8, 4) is 11.5 Å². The molecule has 0 saturated heterocycles. The molecule has 1 aliphatic carbocycles. The molecule has 0 heterocycles. The molecule has 1 N–H and O–H groups in total. The number of halogens is 2. The second-order valence-corrected chi connectivity index (χ2v) is 6.78. The topological polar surface area (TPSA) is 39.7 Å². The van der Waals surface area contributed by atoms with Crippen LogP contribution in [-0.4, -0.2) is 39.0 Å². The summed E-state index contributed by atoms with van der Waals surface area (Å²) >= 11 is 7.00. The minimum absolute atomic E-state index is 0.0703. The van der Waals surface area contributed by atoms with Crippen molar-refractivity contribution in [3.05, 3.63) is 21.1 Å². The maximum absolute atomic E-state index is 6.08. The van der Waals surface area contributed by atoms with Crippen molar-refractivity contribution < 1.29 is 14.2 Å². The number of methoxy groups -OCH3 is 2. The monoisotopic (exact) mass is 421 g/mol. The minimum atomic E-state index is 0.0703. The summed E-state index contributed by atoms with van der Waals surface area (Å²) in [5, 5.41) is 3.48. The third-order valence-corrected chi connectivity index (χ3v) is 4.90. The first-order valence-electron chi connectivity index (χ1n) is 7.06. The lowest BCUT2D eigenvalue weighted by Gasteiger charge is -2.43. The standard InChI is InChI=1S/C15H21Br2NO3/c1-4-5-18-11-8-14(15(11)20-3)21-13-7-9(16)12(19-2)6-10(13)17/h6-7,11,14-15,18H,4-5,8H2,1-3H3. The van der Waals surface area contributed by atoms with E-state index in [0.717, 1.165) is 39.8 Å². The molecule has 4 nitrogen and oxygen atoms in total. The molecule has 1 aromatic carbocycles. The van der Waals surface area contributed by atoms with E-state index < -0.39 is 0 Å². The summed E-state index contributed by atoms with van der Waals surface area (Å²) in [5.41, 5.74) is 0. The van der Waals surface area contributed by atoms with Crippen LogP contribution in [0.1, 0.15) is 19.8 Å². The molecule has 3 atom stereocenters. The average molecular weight is 423 g/mol. The van der Waals surface area contributed by atoms with Crippen LogP contribution in [0.15, 0.2) is 21.1 Å². The van der Waals surface area contributed by atoms with Gasteiger partial charge in [0.15, 0.2) is 0 Å². The lowest BCUT2D eigenvalue weighted by atomic mass is 9.85. The highest BCUT2D eigenvalue weighted by molar-refractivity contribution is 9.11. The molecule has 6 heteroatoms. The van der Waals surface area contributed by atoms with Gasteiger partial charge in [0.05, 0.1) is 16.1 Å². The summed E-state index contributed by atoms with van der Waals surface area (Å²) in [6, 6.07) is 4.19. The summed E-state index contributed by atoms with van der Waals surface area (Å²) in [6.45, 7) is 3.17. The zero-order valence-corrected chi connectivity index (χ0v) is 15.7. The van der Waals surface area contributed by atoms with Crippen molar-refractivity contribution in [3.63, 3.8) is 0 Å². The number of ether oxygens (including phenoxy) is 3. The van der Waals surface area contributed by atoms with Crippen molar-refractivity contribution in [2.24, 2.45) is 0 Å². The van der Waals surface area contributed by atoms with E-state index in [0.29, 0.717) is 6.04 Å². The van der Waals surface area contributed by atoms with E-state index in [2.05, 4.69) is 44.1 Å². The second kappa shape index (κ2) is 7.81. The molecular formula is C15H21Br2NO3. The first-order valence-corrected chi connectivity index (χ1v) is 8.65. The zero-order valence-electron chi connectivity index (χ0n) is 12.5. The first-order chi connectivity index (χ1) is 10.1. The number of hydrogen-bond donors (Lipinski definition) is 1. The Balaban J connectivity index is 2.01. The van der Waals surface area contributed by atoms with Gasteiger partial charge in [-0.3, -0.25) is 0 Å². The van der Waals surface area contributed by atoms with E-state index in [4.69, 9.17) is 14.2 Å². The second-order valence-electron chi connectivity index (χ2n) is 5.07. The van der Waals surface area contributed by atoms with Crippen molar-refractivity contribution in [2.75, 3.05) is 20.8 Å². The quantitative estimate of drug-likeness (QED) is 0.726. The summed E-state index contributed by atoms with van der Waals surface area (Å²) in [7, 11) is 3.38. The van der Waals surface area contributed by atoms with Crippen LogP contribution in [-0.2, 0) is 4.74 Å². The lowest BCUT2D eigenvalue weighted by molar-refractivity contribution is -0.0889. The van der Waals surface area contributed by atoms with Crippen LogP contribution in [0, 0.1) is 0 Å². The van der Waals surface area contributed by atoms with E-state index in [1.165, 1.54) is 0 Å². The van der Waals surface area contributed by atoms with Gasteiger partial charge in [0.1, 0.15) is 23.7 Å². The van der Waals surface area contributed by atoms with Crippen LogP contribution in [0.4, 0.5) is 0 Å². The fourth-order valence-electron chi connectivity index (χ4n) is 2.46. The van der Waals surface area contributed by atoms with Gasteiger partial charge in [0.25, 0.3) is 0 Å². The average Bonchev–Trinajstić information content (AvgIpc) is 2.45. The number of rotatable bonds is 7. The Bertz CT molecular complexity index is 484. The summed E-state index contributed by atoms with van der Waals surface area (Å²) < 4.78 is 18.6. The van der Waals surface area contributed by atoms with Gasteiger partial charge in [0.2, 0.25) is 0 Å². The SMILES string of the molecule is CCCNC1CC(Oc2cc(Br)c(OC)cc2Br)C1OC. The predicted molar refractivity (Wildman–Crippen MR) is 90.3 cm³/mol. The molecule has 0 radical (unpaired) electrons. The van der Waals surface area contributed by atoms with E-state index in [1.54, 1.807) is 14.2 Å². The Kier molecular flexibility index (Phi) is 6.34. The van der Waals surface area contributed by atoms with Crippen LogP contribution in [0.25, 0.3) is 0 Å². The molecule has 0 spiro atoms. The molecule has 0 aromatic heterocycles. The Morgan fingerprint density at radius 1 is 1.19 bits per heavy atom.